The van der Waals surface area contributed by atoms with Crippen molar-refractivity contribution in [1.82, 2.24) is 4.90 Å². The number of aliphatic hydroxyl groups is 1. The Labute approximate surface area is 147 Å². The third kappa shape index (κ3) is 7.84. The van der Waals surface area contributed by atoms with Crippen LogP contribution in [0.3, 0.4) is 0 Å². The predicted octanol–water partition coefficient (Wildman–Crippen LogP) is 4.02. The number of hydrogen-bond acceptors (Lipinski definition) is 4. The van der Waals surface area contributed by atoms with E-state index in [1.807, 2.05) is 13.0 Å². The lowest BCUT2D eigenvalue weighted by Gasteiger charge is -2.16. The van der Waals surface area contributed by atoms with Gasteiger partial charge in [-0.25, -0.2) is 0 Å². The molecule has 1 aromatic carbocycles. The van der Waals surface area contributed by atoms with Gasteiger partial charge < -0.3 is 19.5 Å². The molecule has 1 aromatic rings. The Kier molecular flexibility index (Phi) is 10.2. The molecule has 0 saturated heterocycles. The zero-order valence-electron chi connectivity index (χ0n) is 15.6. The minimum absolute atomic E-state index is 0.217. The Morgan fingerprint density at radius 2 is 2.00 bits per heavy atom. The van der Waals surface area contributed by atoms with E-state index in [9.17, 15) is 5.11 Å². The number of benzene rings is 1. The molecule has 0 fully saturated rings. The smallest absolute Gasteiger partial charge is 0.161 e. The van der Waals surface area contributed by atoms with Crippen molar-refractivity contribution in [2.75, 3.05) is 27.3 Å². The molecule has 0 aliphatic carbocycles. The molecule has 0 bridgehead atoms. The van der Waals surface area contributed by atoms with Crippen LogP contribution in [0.5, 0.6) is 11.5 Å². The monoisotopic (exact) mass is 335 g/mol. The molecule has 0 aliphatic heterocycles. The van der Waals surface area contributed by atoms with Gasteiger partial charge in [-0.3, -0.25) is 0 Å². The first-order valence-electron chi connectivity index (χ1n) is 8.92. The third-order valence-corrected chi connectivity index (χ3v) is 4.04. The first-order valence-corrected chi connectivity index (χ1v) is 8.92. The molecule has 0 radical (unpaired) electrons. The van der Waals surface area contributed by atoms with Gasteiger partial charge in [0, 0.05) is 6.54 Å². The number of rotatable bonds is 12. The topological polar surface area (TPSA) is 41.9 Å². The average Bonchev–Trinajstić information content (AvgIpc) is 2.60. The van der Waals surface area contributed by atoms with E-state index in [1.54, 1.807) is 7.11 Å². The van der Waals surface area contributed by atoms with E-state index in [4.69, 9.17) is 9.47 Å². The van der Waals surface area contributed by atoms with Crippen LogP contribution in [0.15, 0.2) is 30.4 Å². The fourth-order valence-electron chi connectivity index (χ4n) is 2.28. The van der Waals surface area contributed by atoms with Crippen molar-refractivity contribution in [2.24, 2.45) is 0 Å². The summed E-state index contributed by atoms with van der Waals surface area (Å²) < 4.78 is 11.3. The lowest BCUT2D eigenvalue weighted by atomic mass is 10.2. The van der Waals surface area contributed by atoms with Crippen molar-refractivity contribution in [1.29, 1.82) is 0 Å². The maximum Gasteiger partial charge on any atom is 0.161 e. The van der Waals surface area contributed by atoms with E-state index < -0.39 is 0 Å². The molecule has 4 nitrogen and oxygen atoms in total. The zero-order chi connectivity index (χ0) is 17.8. The van der Waals surface area contributed by atoms with Gasteiger partial charge in [0.15, 0.2) is 11.5 Å². The molecule has 0 aliphatic rings. The number of unbranched alkanes of at least 4 members (excludes halogenated alkanes) is 1. The summed E-state index contributed by atoms with van der Waals surface area (Å²) in [7, 11) is 3.77. The number of methoxy groups -OCH3 is 1. The summed E-state index contributed by atoms with van der Waals surface area (Å²) in [6.07, 6.45) is 7.39. The molecule has 1 atom stereocenters. The molecule has 1 rings (SSSR count). The van der Waals surface area contributed by atoms with Crippen LogP contribution in [0.1, 0.15) is 45.1 Å². The summed E-state index contributed by atoms with van der Waals surface area (Å²) in [4.78, 5) is 2.25. The summed E-state index contributed by atoms with van der Waals surface area (Å²) in [6, 6.07) is 6.12. The highest BCUT2D eigenvalue weighted by Gasteiger charge is 2.07. The van der Waals surface area contributed by atoms with E-state index in [0.717, 1.165) is 50.3 Å². The molecule has 0 saturated carbocycles. The maximum atomic E-state index is 9.48. The van der Waals surface area contributed by atoms with Gasteiger partial charge in [0.2, 0.25) is 0 Å². The molecule has 24 heavy (non-hydrogen) atoms. The molecular weight excluding hydrogens is 302 g/mol. The first-order chi connectivity index (χ1) is 11.6. The van der Waals surface area contributed by atoms with Gasteiger partial charge in [-0.05, 0) is 57.0 Å². The van der Waals surface area contributed by atoms with Crippen LogP contribution in [0.25, 0.3) is 0 Å². The van der Waals surface area contributed by atoms with E-state index in [1.165, 1.54) is 5.56 Å². The van der Waals surface area contributed by atoms with Crippen molar-refractivity contribution in [3.8, 4) is 11.5 Å². The molecule has 0 spiro atoms. The van der Waals surface area contributed by atoms with Crippen LogP contribution in [-0.2, 0) is 6.54 Å². The Morgan fingerprint density at radius 1 is 1.21 bits per heavy atom. The third-order valence-electron chi connectivity index (χ3n) is 4.04. The molecule has 1 N–H and O–H groups in total. The highest BCUT2D eigenvalue weighted by atomic mass is 16.5. The van der Waals surface area contributed by atoms with E-state index >= 15 is 0 Å². The van der Waals surface area contributed by atoms with Crippen LogP contribution >= 0.6 is 0 Å². The molecule has 0 aromatic heterocycles. The van der Waals surface area contributed by atoms with Crippen molar-refractivity contribution >= 4 is 0 Å². The normalized spacial score (nSPS) is 12.8. The molecule has 0 heterocycles. The number of aliphatic hydroxyl groups excluding tert-OH is 1. The number of hydrogen-bond donors (Lipinski definition) is 1. The van der Waals surface area contributed by atoms with Gasteiger partial charge >= 0.3 is 0 Å². The standard InChI is InChI=1S/C20H33NO3/c1-5-18(22)11-9-7-8-10-14-24-20-15-17(16-21(3)6-2)12-13-19(20)23-4/h7,9,12-13,15,18,22H,5-6,8,10-11,14,16H2,1-4H3/t18-/m0/s1. The lowest BCUT2D eigenvalue weighted by molar-refractivity contribution is 0.173. The van der Waals surface area contributed by atoms with Crippen molar-refractivity contribution < 1.29 is 14.6 Å². The Balaban J connectivity index is 2.43. The van der Waals surface area contributed by atoms with Gasteiger partial charge in [0.25, 0.3) is 0 Å². The maximum absolute atomic E-state index is 9.48. The Bertz CT molecular complexity index is 488. The van der Waals surface area contributed by atoms with Gasteiger partial charge in [0.05, 0.1) is 19.8 Å². The summed E-state index contributed by atoms with van der Waals surface area (Å²) in [5.74, 6) is 1.59. The van der Waals surface area contributed by atoms with Crippen LogP contribution in [0.4, 0.5) is 0 Å². The molecule has 0 unspecified atom stereocenters. The quantitative estimate of drug-likeness (QED) is 0.463. The molecule has 136 valence electrons. The van der Waals surface area contributed by atoms with E-state index in [2.05, 4.69) is 43.2 Å². The summed E-state index contributed by atoms with van der Waals surface area (Å²) >= 11 is 0. The van der Waals surface area contributed by atoms with Crippen LogP contribution in [0, 0.1) is 0 Å². The van der Waals surface area contributed by atoms with E-state index in [0.29, 0.717) is 6.61 Å². The van der Waals surface area contributed by atoms with Crippen molar-refractivity contribution in [2.45, 2.75) is 52.2 Å². The summed E-state index contributed by atoms with van der Waals surface area (Å²) in [5.41, 5.74) is 1.23. The summed E-state index contributed by atoms with van der Waals surface area (Å²) in [6.45, 7) is 6.71. The van der Waals surface area contributed by atoms with Crippen LogP contribution in [-0.4, -0.2) is 43.4 Å². The van der Waals surface area contributed by atoms with Crippen LogP contribution in [0.2, 0.25) is 0 Å². The van der Waals surface area contributed by atoms with E-state index in [-0.39, 0.29) is 6.10 Å². The Morgan fingerprint density at radius 3 is 2.67 bits per heavy atom. The second kappa shape index (κ2) is 11.9. The van der Waals surface area contributed by atoms with Crippen molar-refractivity contribution in [3.05, 3.63) is 35.9 Å². The first kappa shape index (κ1) is 20.5. The molecular formula is C20H33NO3. The highest BCUT2D eigenvalue weighted by molar-refractivity contribution is 5.42. The van der Waals surface area contributed by atoms with Crippen LogP contribution < -0.4 is 9.47 Å². The molecule has 4 heteroatoms. The minimum Gasteiger partial charge on any atom is -0.493 e. The second-order valence-corrected chi connectivity index (χ2v) is 6.08. The molecule has 0 amide bonds. The van der Waals surface area contributed by atoms with Crippen molar-refractivity contribution in [3.63, 3.8) is 0 Å². The summed E-state index contributed by atoms with van der Waals surface area (Å²) in [5, 5.41) is 9.48. The van der Waals surface area contributed by atoms with Gasteiger partial charge in [-0.1, -0.05) is 32.1 Å². The predicted molar refractivity (Wildman–Crippen MR) is 99.8 cm³/mol. The fourth-order valence-corrected chi connectivity index (χ4v) is 2.28. The van der Waals surface area contributed by atoms with Gasteiger partial charge in [-0.2, -0.15) is 0 Å². The Hall–Kier alpha value is -1.52. The lowest BCUT2D eigenvalue weighted by Crippen LogP contribution is -2.16. The number of allylic oxidation sites excluding steroid dienone is 1. The largest absolute Gasteiger partial charge is 0.493 e. The average molecular weight is 335 g/mol. The zero-order valence-corrected chi connectivity index (χ0v) is 15.6. The number of nitrogens with zero attached hydrogens (tertiary/aromatic N) is 1. The SMILES string of the molecule is CC[C@H](O)CC=CCCCOc1cc(CN(C)CC)ccc1OC. The van der Waals surface area contributed by atoms with Gasteiger partial charge in [0.1, 0.15) is 0 Å². The fraction of sp³-hybridized carbons (Fsp3) is 0.600. The van der Waals surface area contributed by atoms with Gasteiger partial charge in [-0.15, -0.1) is 0 Å². The highest BCUT2D eigenvalue weighted by Crippen LogP contribution is 2.28. The second-order valence-electron chi connectivity index (χ2n) is 6.08. The number of ether oxygens (including phenoxy) is 2. The minimum atomic E-state index is -0.217.